The summed E-state index contributed by atoms with van der Waals surface area (Å²) < 4.78 is 12.0. The molecule has 158 valence electrons. The van der Waals surface area contributed by atoms with Crippen LogP contribution < -0.4 is 0 Å². The number of carbonyl (C=O) groups excluding carboxylic acids is 2. The van der Waals surface area contributed by atoms with Gasteiger partial charge < -0.3 is 19.6 Å². The highest BCUT2D eigenvalue weighted by atomic mass is 16.6. The van der Waals surface area contributed by atoms with E-state index in [1.807, 2.05) is 0 Å². The van der Waals surface area contributed by atoms with Gasteiger partial charge >= 0.3 is 17.8 Å². The number of nitro groups is 1. The molecule has 1 rings (SSSR count). The van der Waals surface area contributed by atoms with Crippen molar-refractivity contribution in [3.63, 3.8) is 0 Å². The van der Waals surface area contributed by atoms with Crippen LogP contribution in [0.4, 0.5) is 5.82 Å². The molecule has 0 amide bonds. The first kappa shape index (κ1) is 23.5. The number of aryl methyl sites for hydroxylation is 1. The topological polar surface area (TPSA) is 117 Å². The zero-order valence-electron chi connectivity index (χ0n) is 17.4. The molecule has 0 unspecified atom stereocenters. The molecule has 0 aliphatic heterocycles. The molecule has 28 heavy (non-hydrogen) atoms. The van der Waals surface area contributed by atoms with E-state index in [-0.39, 0.29) is 18.9 Å². The average molecular weight is 398 g/mol. The van der Waals surface area contributed by atoms with Crippen molar-refractivity contribution in [1.82, 2.24) is 14.5 Å². The molecule has 10 heteroatoms. The Labute approximate surface area is 165 Å². The summed E-state index contributed by atoms with van der Waals surface area (Å²) >= 11 is 0. The molecule has 1 aromatic rings. The first-order chi connectivity index (χ1) is 12.8. The van der Waals surface area contributed by atoms with E-state index >= 15 is 0 Å². The number of rotatable bonds is 9. The Morgan fingerprint density at radius 1 is 1.11 bits per heavy atom. The van der Waals surface area contributed by atoms with Gasteiger partial charge in [0.05, 0.1) is 19.6 Å². The van der Waals surface area contributed by atoms with Crippen LogP contribution in [0.1, 0.15) is 48.0 Å². The second kappa shape index (κ2) is 9.63. The molecule has 0 saturated carbocycles. The molecule has 0 aliphatic carbocycles. The lowest BCUT2D eigenvalue weighted by Crippen LogP contribution is -2.40. The van der Waals surface area contributed by atoms with Gasteiger partial charge in [0.1, 0.15) is 17.4 Å². The van der Waals surface area contributed by atoms with E-state index in [0.717, 1.165) is 0 Å². The van der Waals surface area contributed by atoms with Crippen LogP contribution in [0.3, 0.4) is 0 Å². The van der Waals surface area contributed by atoms with Crippen molar-refractivity contribution in [3.8, 4) is 0 Å². The van der Waals surface area contributed by atoms with Gasteiger partial charge in [0, 0.05) is 6.54 Å². The van der Waals surface area contributed by atoms with E-state index in [4.69, 9.17) is 9.47 Å². The molecule has 1 aromatic heterocycles. The number of imidazole rings is 1. The molecule has 0 atom stereocenters. The molecular weight excluding hydrogens is 368 g/mol. The third-order valence-electron chi connectivity index (χ3n) is 3.30. The maximum absolute atomic E-state index is 12.2. The summed E-state index contributed by atoms with van der Waals surface area (Å²) in [4.78, 5) is 40.1. The fraction of sp³-hybridized carbons (Fsp3) is 0.722. The highest BCUT2D eigenvalue weighted by molar-refractivity contribution is 5.75. The number of carbonyl (C=O) groups is 2. The van der Waals surface area contributed by atoms with Crippen LogP contribution in [-0.2, 0) is 25.6 Å². The lowest BCUT2D eigenvalue weighted by atomic mass is 10.2. The van der Waals surface area contributed by atoms with E-state index in [2.05, 4.69) is 4.98 Å². The summed E-state index contributed by atoms with van der Waals surface area (Å²) in [7, 11) is 0. The summed E-state index contributed by atoms with van der Waals surface area (Å²) in [5.41, 5.74) is -1.27. The zero-order chi connectivity index (χ0) is 21.5. The summed E-state index contributed by atoms with van der Waals surface area (Å²) in [6.07, 6.45) is 3.03. The Morgan fingerprint density at radius 3 is 2.04 bits per heavy atom. The average Bonchev–Trinajstić information content (AvgIpc) is 2.91. The highest BCUT2D eigenvalue weighted by Gasteiger charge is 2.23. The minimum absolute atomic E-state index is 0.0808. The molecule has 0 aromatic carbocycles. The predicted octanol–water partition coefficient (Wildman–Crippen LogP) is 2.17. The Balaban J connectivity index is 2.70. The van der Waals surface area contributed by atoms with Crippen LogP contribution in [0.5, 0.6) is 0 Å². The second-order valence-corrected chi connectivity index (χ2v) is 8.44. The molecule has 1 heterocycles. The van der Waals surface area contributed by atoms with Crippen LogP contribution >= 0.6 is 0 Å². The molecule has 0 radical (unpaired) electrons. The maximum atomic E-state index is 12.2. The van der Waals surface area contributed by atoms with E-state index in [9.17, 15) is 19.7 Å². The largest absolute Gasteiger partial charge is 0.459 e. The summed E-state index contributed by atoms with van der Waals surface area (Å²) in [6.45, 7) is 11.1. The predicted molar refractivity (Wildman–Crippen MR) is 102 cm³/mol. The number of hydrogen-bond acceptors (Lipinski definition) is 8. The fourth-order valence-corrected chi connectivity index (χ4v) is 2.43. The SMILES string of the molecule is CC(C)(C)OC(=O)CN(CCCn1cncc1[N+](=O)[O-])CC(=O)OC(C)(C)C. The third kappa shape index (κ3) is 9.45. The zero-order valence-corrected chi connectivity index (χ0v) is 17.4. The molecular formula is C18H30N4O6. The Kier molecular flexibility index (Phi) is 8.10. The van der Waals surface area contributed by atoms with Crippen molar-refractivity contribution in [2.45, 2.75) is 65.7 Å². The second-order valence-electron chi connectivity index (χ2n) is 8.44. The Hall–Kier alpha value is -2.49. The van der Waals surface area contributed by atoms with Gasteiger partial charge in [-0.25, -0.2) is 9.55 Å². The van der Waals surface area contributed by atoms with Crippen molar-refractivity contribution < 1.29 is 24.0 Å². The smallest absolute Gasteiger partial charge is 0.342 e. The number of aromatic nitrogens is 2. The van der Waals surface area contributed by atoms with E-state index < -0.39 is 28.1 Å². The normalized spacial score (nSPS) is 12.1. The van der Waals surface area contributed by atoms with Gasteiger partial charge in [-0.1, -0.05) is 0 Å². The molecule has 0 aliphatic rings. The van der Waals surface area contributed by atoms with Crippen LogP contribution in [0, 0.1) is 10.1 Å². The van der Waals surface area contributed by atoms with Gasteiger partial charge in [-0.05, 0) is 52.9 Å². The van der Waals surface area contributed by atoms with Crippen LogP contribution in [-0.4, -0.2) is 62.1 Å². The fourth-order valence-electron chi connectivity index (χ4n) is 2.43. The van der Waals surface area contributed by atoms with Gasteiger partial charge in [-0.2, -0.15) is 0 Å². The van der Waals surface area contributed by atoms with Gasteiger partial charge in [-0.15, -0.1) is 0 Å². The Morgan fingerprint density at radius 2 is 1.61 bits per heavy atom. The van der Waals surface area contributed by atoms with E-state index in [1.54, 1.807) is 46.4 Å². The molecule has 0 saturated heterocycles. The van der Waals surface area contributed by atoms with Crippen LogP contribution in [0.15, 0.2) is 12.5 Å². The van der Waals surface area contributed by atoms with Gasteiger partial charge in [-0.3, -0.25) is 14.5 Å². The summed E-state index contributed by atoms with van der Waals surface area (Å²) in [5, 5.41) is 10.9. The highest BCUT2D eigenvalue weighted by Crippen LogP contribution is 2.12. The molecule has 0 N–H and O–H groups in total. The number of ether oxygens (including phenoxy) is 2. The van der Waals surface area contributed by atoms with Crippen LogP contribution in [0.25, 0.3) is 0 Å². The summed E-state index contributed by atoms with van der Waals surface area (Å²) in [5.74, 6) is -1.01. The number of hydrogen-bond donors (Lipinski definition) is 0. The number of esters is 2. The minimum Gasteiger partial charge on any atom is -0.459 e. The first-order valence-corrected chi connectivity index (χ1v) is 9.07. The molecule has 0 fully saturated rings. The molecule has 0 bridgehead atoms. The van der Waals surface area contributed by atoms with Crippen molar-refractivity contribution in [2.75, 3.05) is 19.6 Å². The third-order valence-corrected chi connectivity index (χ3v) is 3.30. The standard InChI is InChI=1S/C18H30N4O6/c1-17(2,3)27-15(23)11-20(12-16(24)28-18(4,5)6)8-7-9-21-13-19-10-14(21)22(25)26/h10,13H,7-9,11-12H2,1-6H3. The number of nitrogens with zero attached hydrogens (tertiary/aromatic N) is 4. The van der Waals surface area contributed by atoms with Crippen molar-refractivity contribution in [3.05, 3.63) is 22.6 Å². The van der Waals surface area contributed by atoms with Crippen LogP contribution in [0.2, 0.25) is 0 Å². The lowest BCUT2D eigenvalue weighted by molar-refractivity contribution is -0.392. The first-order valence-electron chi connectivity index (χ1n) is 9.07. The van der Waals surface area contributed by atoms with Crippen molar-refractivity contribution in [1.29, 1.82) is 0 Å². The van der Waals surface area contributed by atoms with Gasteiger partial charge in [0.25, 0.3) is 0 Å². The Bertz CT molecular complexity index is 657. The quantitative estimate of drug-likeness (QED) is 0.353. The van der Waals surface area contributed by atoms with Gasteiger partial charge in [0.15, 0.2) is 6.33 Å². The van der Waals surface area contributed by atoms with Gasteiger partial charge in [0.2, 0.25) is 0 Å². The molecule has 0 spiro atoms. The monoisotopic (exact) mass is 398 g/mol. The van der Waals surface area contributed by atoms with E-state index in [0.29, 0.717) is 19.5 Å². The maximum Gasteiger partial charge on any atom is 0.342 e. The molecule has 10 nitrogen and oxygen atoms in total. The van der Waals surface area contributed by atoms with Crippen molar-refractivity contribution in [2.24, 2.45) is 0 Å². The van der Waals surface area contributed by atoms with E-state index in [1.165, 1.54) is 17.1 Å². The minimum atomic E-state index is -0.633. The summed E-state index contributed by atoms with van der Waals surface area (Å²) in [6, 6.07) is 0. The van der Waals surface area contributed by atoms with Crippen molar-refractivity contribution >= 4 is 17.8 Å². The lowest BCUT2D eigenvalue weighted by Gasteiger charge is -2.26.